The molecule has 0 aliphatic heterocycles. The molecule has 0 radical (unpaired) electrons. The van der Waals surface area contributed by atoms with Gasteiger partial charge in [-0.1, -0.05) is 6.08 Å². The third kappa shape index (κ3) is 1.18. The van der Waals surface area contributed by atoms with E-state index < -0.39 is 0 Å². The molecule has 0 fully saturated rings. The van der Waals surface area contributed by atoms with Gasteiger partial charge in [0.1, 0.15) is 5.52 Å². The molecule has 0 aromatic carbocycles. The maximum absolute atomic E-state index is 11.8. The first-order valence-electron chi connectivity index (χ1n) is 4.52. The molecular formula is C11H12N2O. The van der Waals surface area contributed by atoms with Crippen molar-refractivity contribution in [3.05, 3.63) is 47.0 Å². The van der Waals surface area contributed by atoms with E-state index in [0.29, 0.717) is 12.1 Å². The van der Waals surface area contributed by atoms with Gasteiger partial charge in [0.25, 0.3) is 5.56 Å². The molecule has 14 heavy (non-hydrogen) atoms. The lowest BCUT2D eigenvalue weighted by molar-refractivity contribution is 0.783. The number of nitrogens with one attached hydrogen (secondary N) is 1. The van der Waals surface area contributed by atoms with Gasteiger partial charge in [-0.05, 0) is 18.6 Å². The summed E-state index contributed by atoms with van der Waals surface area (Å²) in [5.41, 5.74) is 1.78. The van der Waals surface area contributed by atoms with Gasteiger partial charge in [-0.3, -0.25) is 4.79 Å². The number of hydrogen-bond donors (Lipinski definition) is 1. The van der Waals surface area contributed by atoms with E-state index in [9.17, 15) is 4.79 Å². The zero-order valence-electron chi connectivity index (χ0n) is 8.08. The predicted octanol–water partition coefficient (Wildman–Crippen LogP) is 1.82. The molecule has 0 amide bonds. The fourth-order valence-electron chi connectivity index (χ4n) is 1.66. The Morgan fingerprint density at radius 1 is 1.64 bits per heavy atom. The Balaban J connectivity index is 2.81. The summed E-state index contributed by atoms with van der Waals surface area (Å²) in [6, 6.07) is 1.92. The van der Waals surface area contributed by atoms with Crippen LogP contribution in [0, 0.1) is 6.92 Å². The van der Waals surface area contributed by atoms with Crippen molar-refractivity contribution in [3.63, 3.8) is 0 Å². The topological polar surface area (TPSA) is 37.8 Å². The Kier molecular flexibility index (Phi) is 2.00. The smallest absolute Gasteiger partial charge is 0.275 e. The molecule has 0 aliphatic rings. The van der Waals surface area contributed by atoms with E-state index in [4.69, 9.17) is 0 Å². The second kappa shape index (κ2) is 3.18. The van der Waals surface area contributed by atoms with Gasteiger partial charge in [0.15, 0.2) is 0 Å². The number of allylic oxidation sites excluding steroid dienone is 1. The Morgan fingerprint density at radius 2 is 2.43 bits per heavy atom. The maximum atomic E-state index is 11.8. The molecule has 2 aromatic heterocycles. The van der Waals surface area contributed by atoms with Crippen molar-refractivity contribution >= 4 is 10.9 Å². The van der Waals surface area contributed by atoms with E-state index in [1.54, 1.807) is 16.8 Å². The molecule has 2 aromatic rings. The van der Waals surface area contributed by atoms with Crippen molar-refractivity contribution in [2.24, 2.45) is 0 Å². The van der Waals surface area contributed by atoms with Crippen LogP contribution in [0.2, 0.25) is 0 Å². The van der Waals surface area contributed by atoms with Gasteiger partial charge >= 0.3 is 0 Å². The summed E-state index contributed by atoms with van der Waals surface area (Å²) in [5, 5.41) is 0.996. The molecule has 1 N–H and O–H groups in total. The zero-order chi connectivity index (χ0) is 10.1. The summed E-state index contributed by atoms with van der Waals surface area (Å²) in [6.45, 7) is 6.17. The second-order valence-corrected chi connectivity index (χ2v) is 3.32. The number of hydrogen-bond acceptors (Lipinski definition) is 1. The summed E-state index contributed by atoms with van der Waals surface area (Å²) in [6.07, 6.45) is 5.37. The molecule has 0 unspecified atom stereocenters. The number of pyridine rings is 1. The number of aromatic nitrogens is 2. The van der Waals surface area contributed by atoms with Crippen LogP contribution in [-0.2, 0) is 6.54 Å². The van der Waals surface area contributed by atoms with Crippen molar-refractivity contribution in [1.29, 1.82) is 0 Å². The average molecular weight is 188 g/mol. The van der Waals surface area contributed by atoms with Crippen LogP contribution in [0.25, 0.3) is 10.9 Å². The predicted molar refractivity (Wildman–Crippen MR) is 57.5 cm³/mol. The van der Waals surface area contributed by atoms with Gasteiger partial charge < -0.3 is 9.55 Å². The van der Waals surface area contributed by atoms with Gasteiger partial charge in [0.2, 0.25) is 0 Å². The van der Waals surface area contributed by atoms with Crippen LogP contribution in [0.5, 0.6) is 0 Å². The molecule has 0 saturated carbocycles. The minimum atomic E-state index is 0.00972. The van der Waals surface area contributed by atoms with E-state index in [2.05, 4.69) is 11.6 Å². The quantitative estimate of drug-likeness (QED) is 0.717. The lowest BCUT2D eigenvalue weighted by atomic mass is 10.2. The minimum absolute atomic E-state index is 0.00972. The Labute approximate surface area is 81.7 Å². The highest BCUT2D eigenvalue weighted by Gasteiger charge is 2.05. The van der Waals surface area contributed by atoms with E-state index >= 15 is 0 Å². The van der Waals surface area contributed by atoms with Crippen LogP contribution in [-0.4, -0.2) is 9.55 Å². The Hall–Kier alpha value is -1.77. The van der Waals surface area contributed by atoms with Crippen LogP contribution in [0.15, 0.2) is 35.9 Å². The lowest BCUT2D eigenvalue weighted by Gasteiger charge is -2.04. The highest BCUT2D eigenvalue weighted by molar-refractivity contribution is 5.81. The molecule has 72 valence electrons. The number of nitrogens with zero attached hydrogens (tertiary/aromatic N) is 1. The van der Waals surface area contributed by atoms with Gasteiger partial charge in [-0.25, -0.2) is 0 Å². The van der Waals surface area contributed by atoms with Crippen molar-refractivity contribution in [1.82, 2.24) is 9.55 Å². The first-order valence-corrected chi connectivity index (χ1v) is 4.52. The molecule has 2 heterocycles. The van der Waals surface area contributed by atoms with Crippen LogP contribution in [0.4, 0.5) is 0 Å². The fourth-order valence-corrected chi connectivity index (χ4v) is 1.66. The number of rotatable bonds is 2. The molecule has 0 atom stereocenters. The van der Waals surface area contributed by atoms with Crippen LogP contribution >= 0.6 is 0 Å². The molecule has 0 saturated heterocycles. The number of aryl methyl sites for hydroxylation is 1. The highest BCUT2D eigenvalue weighted by Crippen LogP contribution is 2.12. The second-order valence-electron chi connectivity index (χ2n) is 3.32. The summed E-state index contributed by atoms with van der Waals surface area (Å²) >= 11 is 0. The molecule has 0 aliphatic carbocycles. The maximum Gasteiger partial charge on any atom is 0.275 e. The van der Waals surface area contributed by atoms with Crippen molar-refractivity contribution in [2.45, 2.75) is 13.5 Å². The molecule has 0 spiro atoms. The molecular weight excluding hydrogens is 176 g/mol. The zero-order valence-corrected chi connectivity index (χ0v) is 8.08. The van der Waals surface area contributed by atoms with Gasteiger partial charge in [-0.2, -0.15) is 0 Å². The van der Waals surface area contributed by atoms with E-state index in [1.807, 2.05) is 19.2 Å². The van der Waals surface area contributed by atoms with Gasteiger partial charge in [0.05, 0.1) is 0 Å². The third-order valence-corrected chi connectivity index (χ3v) is 2.32. The Bertz CT molecular complexity index is 534. The van der Waals surface area contributed by atoms with Crippen molar-refractivity contribution in [2.75, 3.05) is 0 Å². The molecule has 3 heteroatoms. The highest BCUT2D eigenvalue weighted by atomic mass is 16.1. The normalized spacial score (nSPS) is 10.6. The van der Waals surface area contributed by atoms with E-state index in [1.165, 1.54) is 0 Å². The van der Waals surface area contributed by atoms with Crippen LogP contribution < -0.4 is 5.56 Å². The van der Waals surface area contributed by atoms with Crippen molar-refractivity contribution in [3.8, 4) is 0 Å². The summed E-state index contributed by atoms with van der Waals surface area (Å²) < 4.78 is 1.65. The van der Waals surface area contributed by atoms with Crippen LogP contribution in [0.3, 0.4) is 0 Å². The first kappa shape index (κ1) is 8.81. The number of aromatic amines is 1. The lowest BCUT2D eigenvalue weighted by Crippen LogP contribution is -2.19. The molecule has 3 nitrogen and oxygen atoms in total. The number of fused-ring (bicyclic) bond motifs is 1. The molecule has 0 bridgehead atoms. The van der Waals surface area contributed by atoms with Gasteiger partial charge in [-0.15, -0.1) is 6.58 Å². The average Bonchev–Trinajstić information content (AvgIpc) is 2.63. The van der Waals surface area contributed by atoms with Crippen LogP contribution in [0.1, 0.15) is 5.56 Å². The van der Waals surface area contributed by atoms with E-state index in [0.717, 1.165) is 10.9 Å². The Morgan fingerprint density at radius 3 is 3.14 bits per heavy atom. The first-order chi connectivity index (χ1) is 6.74. The summed E-state index contributed by atoms with van der Waals surface area (Å²) in [5.74, 6) is 0. The van der Waals surface area contributed by atoms with E-state index in [-0.39, 0.29) is 5.56 Å². The van der Waals surface area contributed by atoms with Gasteiger partial charge in [0, 0.05) is 24.3 Å². The standard InChI is InChI=1S/C11H12N2O/c1-3-6-13-7-8(2)9-4-5-12-10(9)11(13)14/h3-5,7,12H,1,6H2,2H3. The monoisotopic (exact) mass is 188 g/mol. The minimum Gasteiger partial charge on any atom is -0.357 e. The third-order valence-electron chi connectivity index (χ3n) is 2.32. The summed E-state index contributed by atoms with van der Waals surface area (Å²) in [7, 11) is 0. The SMILES string of the molecule is C=CCn1cc(C)c2cc[nH]c2c1=O. The molecule has 2 rings (SSSR count). The fraction of sp³-hybridized carbons (Fsp3) is 0.182. The number of H-pyrrole nitrogens is 1. The summed E-state index contributed by atoms with van der Waals surface area (Å²) in [4.78, 5) is 14.8. The largest absolute Gasteiger partial charge is 0.357 e. The van der Waals surface area contributed by atoms with Crippen molar-refractivity contribution < 1.29 is 0 Å².